The Bertz CT molecular complexity index is 1310. The Kier molecular flexibility index (Phi) is 6.04. The number of aromatic nitrogens is 1. The third-order valence-electron chi connectivity index (χ3n) is 4.87. The maximum absolute atomic E-state index is 12.5. The Balaban J connectivity index is 1.41. The van der Waals surface area contributed by atoms with Gasteiger partial charge in [-0.15, -0.1) is 0 Å². The minimum atomic E-state index is -3.52. The lowest BCUT2D eigenvalue weighted by Gasteiger charge is -2.11. The Labute approximate surface area is 188 Å². The predicted octanol–water partition coefficient (Wildman–Crippen LogP) is 1.87. The molecular weight excluding hydrogens is 454 g/mol. The molecular formula is C21H21N3O6S2. The molecule has 1 amide bonds. The molecule has 1 aliphatic heterocycles. The highest BCUT2D eigenvalue weighted by molar-refractivity contribution is 7.89. The van der Waals surface area contributed by atoms with Crippen LogP contribution in [-0.4, -0.2) is 44.1 Å². The van der Waals surface area contributed by atoms with Crippen molar-refractivity contribution < 1.29 is 22.7 Å². The summed E-state index contributed by atoms with van der Waals surface area (Å²) >= 11 is 0.856. The molecule has 0 saturated carbocycles. The highest BCUT2D eigenvalue weighted by atomic mass is 32.2. The minimum Gasteiger partial charge on any atom is -0.454 e. The standard InChI is InChI=1S/C21H21N3O6S2/c1-23(2)32(27,28)16-6-3-14(4-7-16)11-24-12-19(31-21(24)26)20(25)22-10-15-5-8-17-18(9-15)30-13-29-17/h3-9,12H,10-11,13H2,1-2H3,(H,22,25). The maximum Gasteiger partial charge on any atom is 0.308 e. The van der Waals surface area contributed by atoms with Crippen LogP contribution in [0, 0.1) is 0 Å². The summed E-state index contributed by atoms with van der Waals surface area (Å²) in [5.41, 5.74) is 1.59. The van der Waals surface area contributed by atoms with E-state index in [1.807, 2.05) is 6.07 Å². The molecule has 0 saturated heterocycles. The number of benzene rings is 2. The summed E-state index contributed by atoms with van der Waals surface area (Å²) in [5.74, 6) is 0.954. The Hall–Kier alpha value is -3.15. The van der Waals surface area contributed by atoms with Crippen LogP contribution < -0.4 is 19.7 Å². The number of amides is 1. The molecule has 0 bridgehead atoms. The number of thiazole rings is 1. The van der Waals surface area contributed by atoms with Crippen LogP contribution in [0.1, 0.15) is 20.8 Å². The fraction of sp³-hybridized carbons (Fsp3) is 0.238. The molecule has 2 heterocycles. The highest BCUT2D eigenvalue weighted by Crippen LogP contribution is 2.32. The molecule has 2 aromatic carbocycles. The van der Waals surface area contributed by atoms with Crippen LogP contribution in [0.3, 0.4) is 0 Å². The van der Waals surface area contributed by atoms with Crippen molar-refractivity contribution in [2.45, 2.75) is 18.0 Å². The van der Waals surface area contributed by atoms with Gasteiger partial charge in [0.15, 0.2) is 11.5 Å². The zero-order valence-corrected chi connectivity index (χ0v) is 19.0. The van der Waals surface area contributed by atoms with Gasteiger partial charge < -0.3 is 19.4 Å². The summed E-state index contributed by atoms with van der Waals surface area (Å²) in [6.07, 6.45) is 1.51. The molecule has 11 heteroatoms. The van der Waals surface area contributed by atoms with Gasteiger partial charge in [-0.3, -0.25) is 9.59 Å². The van der Waals surface area contributed by atoms with Gasteiger partial charge in [-0.2, -0.15) is 0 Å². The summed E-state index contributed by atoms with van der Waals surface area (Å²) in [6.45, 7) is 0.692. The quantitative estimate of drug-likeness (QED) is 0.559. The molecule has 0 unspecified atom stereocenters. The van der Waals surface area contributed by atoms with Crippen LogP contribution in [0.4, 0.5) is 0 Å². The first-order valence-electron chi connectivity index (χ1n) is 9.62. The van der Waals surface area contributed by atoms with Crippen LogP contribution in [0.25, 0.3) is 0 Å². The van der Waals surface area contributed by atoms with Crippen molar-refractivity contribution in [3.05, 3.63) is 74.3 Å². The monoisotopic (exact) mass is 475 g/mol. The van der Waals surface area contributed by atoms with Gasteiger partial charge in [0.1, 0.15) is 4.88 Å². The van der Waals surface area contributed by atoms with E-state index in [1.54, 1.807) is 24.3 Å². The molecule has 1 aromatic heterocycles. The van der Waals surface area contributed by atoms with Crippen molar-refractivity contribution in [3.8, 4) is 11.5 Å². The number of carbonyl (C=O) groups is 1. The van der Waals surface area contributed by atoms with Crippen molar-refractivity contribution in [3.63, 3.8) is 0 Å². The van der Waals surface area contributed by atoms with E-state index in [-0.39, 0.29) is 35.6 Å². The summed E-state index contributed by atoms with van der Waals surface area (Å²) in [5, 5.41) is 2.80. The number of nitrogens with one attached hydrogen (secondary N) is 1. The average Bonchev–Trinajstić information content (AvgIpc) is 3.38. The predicted molar refractivity (Wildman–Crippen MR) is 119 cm³/mol. The second-order valence-electron chi connectivity index (χ2n) is 7.29. The SMILES string of the molecule is CN(C)S(=O)(=O)c1ccc(Cn2cc(C(=O)NCc3ccc4c(c3)OCO4)sc2=O)cc1. The number of nitrogens with zero attached hydrogens (tertiary/aromatic N) is 2. The molecule has 168 valence electrons. The molecule has 3 aromatic rings. The third kappa shape index (κ3) is 4.54. The van der Waals surface area contributed by atoms with Crippen molar-refractivity contribution in [1.29, 1.82) is 0 Å². The lowest BCUT2D eigenvalue weighted by atomic mass is 10.2. The van der Waals surface area contributed by atoms with Gasteiger partial charge in [-0.05, 0) is 35.4 Å². The topological polar surface area (TPSA) is 107 Å². The average molecular weight is 476 g/mol. The lowest BCUT2D eigenvalue weighted by molar-refractivity contribution is 0.0954. The lowest BCUT2D eigenvalue weighted by Crippen LogP contribution is -2.22. The first-order valence-corrected chi connectivity index (χ1v) is 11.9. The first-order chi connectivity index (χ1) is 15.2. The number of hydrogen-bond acceptors (Lipinski definition) is 7. The summed E-state index contributed by atoms with van der Waals surface area (Å²) in [4.78, 5) is 25.0. The smallest absolute Gasteiger partial charge is 0.308 e. The normalized spacial score (nSPS) is 12.8. The molecule has 1 aliphatic rings. The van der Waals surface area contributed by atoms with Crippen LogP contribution >= 0.6 is 11.3 Å². The van der Waals surface area contributed by atoms with Gasteiger partial charge in [0.25, 0.3) is 5.91 Å². The van der Waals surface area contributed by atoms with E-state index >= 15 is 0 Å². The number of rotatable bonds is 7. The minimum absolute atomic E-state index is 0.174. The molecule has 32 heavy (non-hydrogen) atoms. The van der Waals surface area contributed by atoms with Crippen molar-refractivity contribution in [2.24, 2.45) is 0 Å². The third-order valence-corrected chi connectivity index (χ3v) is 7.62. The molecule has 9 nitrogen and oxygen atoms in total. The molecule has 0 fully saturated rings. The van der Waals surface area contributed by atoms with E-state index in [9.17, 15) is 18.0 Å². The number of fused-ring (bicyclic) bond motifs is 1. The van der Waals surface area contributed by atoms with Crippen molar-refractivity contribution in [1.82, 2.24) is 14.2 Å². The van der Waals surface area contributed by atoms with Gasteiger partial charge >= 0.3 is 4.87 Å². The number of ether oxygens (including phenoxy) is 2. The van der Waals surface area contributed by atoms with Crippen molar-refractivity contribution in [2.75, 3.05) is 20.9 Å². The first kappa shape index (κ1) is 22.1. The van der Waals surface area contributed by atoms with Crippen LogP contribution in [-0.2, 0) is 23.1 Å². The zero-order valence-electron chi connectivity index (χ0n) is 17.4. The van der Waals surface area contributed by atoms with Gasteiger partial charge in [0.05, 0.1) is 11.4 Å². The van der Waals surface area contributed by atoms with E-state index in [0.29, 0.717) is 16.4 Å². The largest absolute Gasteiger partial charge is 0.454 e. The number of sulfonamides is 1. The summed E-state index contributed by atoms with van der Waals surface area (Å²) in [7, 11) is -0.584. The summed E-state index contributed by atoms with van der Waals surface area (Å²) < 4.78 is 37.5. The van der Waals surface area contributed by atoms with Crippen LogP contribution in [0.15, 0.2) is 58.4 Å². The molecule has 0 atom stereocenters. The second-order valence-corrected chi connectivity index (χ2v) is 10.4. The van der Waals surface area contributed by atoms with Gasteiger partial charge in [0, 0.05) is 26.8 Å². The molecule has 0 spiro atoms. The van der Waals surface area contributed by atoms with Crippen LogP contribution in [0.2, 0.25) is 0 Å². The number of hydrogen-bond donors (Lipinski definition) is 1. The zero-order chi connectivity index (χ0) is 22.9. The Morgan fingerprint density at radius 3 is 2.50 bits per heavy atom. The second kappa shape index (κ2) is 8.77. The molecule has 0 radical (unpaired) electrons. The Morgan fingerprint density at radius 1 is 1.09 bits per heavy atom. The Morgan fingerprint density at radius 2 is 1.78 bits per heavy atom. The maximum atomic E-state index is 12.5. The van der Waals surface area contributed by atoms with E-state index in [1.165, 1.54) is 37.0 Å². The summed E-state index contributed by atoms with van der Waals surface area (Å²) in [6, 6.07) is 11.7. The van der Waals surface area contributed by atoms with Gasteiger partial charge in [0.2, 0.25) is 16.8 Å². The number of carbonyl (C=O) groups excluding carboxylic acids is 1. The van der Waals surface area contributed by atoms with Crippen LogP contribution in [0.5, 0.6) is 11.5 Å². The fourth-order valence-corrected chi connectivity index (χ4v) is 4.75. The highest BCUT2D eigenvalue weighted by Gasteiger charge is 2.18. The molecule has 4 rings (SSSR count). The van der Waals surface area contributed by atoms with E-state index in [2.05, 4.69) is 5.32 Å². The van der Waals surface area contributed by atoms with Gasteiger partial charge in [-0.1, -0.05) is 29.5 Å². The van der Waals surface area contributed by atoms with Crippen molar-refractivity contribution >= 4 is 27.3 Å². The van der Waals surface area contributed by atoms with E-state index in [0.717, 1.165) is 26.8 Å². The fourth-order valence-electron chi connectivity index (χ4n) is 3.08. The van der Waals surface area contributed by atoms with E-state index in [4.69, 9.17) is 9.47 Å². The molecule has 0 aliphatic carbocycles. The van der Waals surface area contributed by atoms with Gasteiger partial charge in [-0.25, -0.2) is 12.7 Å². The molecule has 1 N–H and O–H groups in total. The van der Waals surface area contributed by atoms with E-state index < -0.39 is 10.0 Å².